The van der Waals surface area contributed by atoms with Crippen molar-refractivity contribution < 1.29 is 13.5 Å². The van der Waals surface area contributed by atoms with Gasteiger partial charge in [0, 0.05) is 19.6 Å². The molecule has 5 nitrogen and oxygen atoms in total. The van der Waals surface area contributed by atoms with E-state index < -0.39 is 9.84 Å². The molecule has 0 spiro atoms. The fraction of sp³-hybridized carbons (Fsp3) is 0.357. The lowest BCUT2D eigenvalue weighted by Crippen LogP contribution is -2.32. The van der Waals surface area contributed by atoms with E-state index in [1.165, 1.54) is 24.3 Å². The van der Waals surface area contributed by atoms with Crippen molar-refractivity contribution in [1.29, 1.82) is 5.26 Å². The van der Waals surface area contributed by atoms with Crippen molar-refractivity contribution in [3.05, 3.63) is 42.5 Å². The van der Waals surface area contributed by atoms with Crippen molar-refractivity contribution >= 4 is 9.84 Å². The Kier molecular flexibility index (Phi) is 6.39. The second-order valence-corrected chi connectivity index (χ2v) is 6.38. The number of sulfone groups is 1. The SMILES string of the molecule is C=CCN(CCO)CCS(=O)(=O)c1ccc(C#N)cc1. The molecule has 0 unspecified atom stereocenters. The Labute approximate surface area is 119 Å². The van der Waals surface area contributed by atoms with Crippen LogP contribution in [0.15, 0.2) is 41.8 Å². The Morgan fingerprint density at radius 1 is 1.30 bits per heavy atom. The quantitative estimate of drug-likeness (QED) is 0.718. The third-order valence-electron chi connectivity index (χ3n) is 2.82. The third-order valence-corrected chi connectivity index (χ3v) is 4.53. The number of nitrogens with zero attached hydrogens (tertiary/aromatic N) is 2. The molecule has 0 aliphatic heterocycles. The fourth-order valence-corrected chi connectivity index (χ4v) is 3.01. The molecule has 0 aliphatic carbocycles. The normalized spacial score (nSPS) is 11.2. The first-order valence-electron chi connectivity index (χ1n) is 6.20. The van der Waals surface area contributed by atoms with Crippen LogP contribution in [-0.2, 0) is 9.84 Å². The van der Waals surface area contributed by atoms with E-state index in [9.17, 15) is 8.42 Å². The first-order chi connectivity index (χ1) is 9.53. The minimum Gasteiger partial charge on any atom is -0.395 e. The van der Waals surface area contributed by atoms with E-state index in [1.54, 1.807) is 6.08 Å². The summed E-state index contributed by atoms with van der Waals surface area (Å²) >= 11 is 0. The second-order valence-electron chi connectivity index (χ2n) is 4.27. The summed E-state index contributed by atoms with van der Waals surface area (Å²) in [5.41, 5.74) is 0.428. The highest BCUT2D eigenvalue weighted by molar-refractivity contribution is 7.91. The van der Waals surface area contributed by atoms with Crippen molar-refractivity contribution in [2.75, 3.05) is 32.0 Å². The van der Waals surface area contributed by atoms with E-state index >= 15 is 0 Å². The van der Waals surface area contributed by atoms with Gasteiger partial charge in [-0.15, -0.1) is 6.58 Å². The first-order valence-corrected chi connectivity index (χ1v) is 7.85. The van der Waals surface area contributed by atoms with Crippen molar-refractivity contribution in [1.82, 2.24) is 4.90 Å². The maximum absolute atomic E-state index is 12.1. The zero-order chi connectivity index (χ0) is 15.0. The van der Waals surface area contributed by atoms with Crippen LogP contribution < -0.4 is 0 Å². The van der Waals surface area contributed by atoms with Gasteiger partial charge in [-0.2, -0.15) is 5.26 Å². The molecule has 0 radical (unpaired) electrons. The largest absolute Gasteiger partial charge is 0.395 e. The fourth-order valence-electron chi connectivity index (χ4n) is 1.72. The van der Waals surface area contributed by atoms with E-state index in [0.717, 1.165) is 0 Å². The molecule has 0 saturated carbocycles. The highest BCUT2D eigenvalue weighted by Crippen LogP contribution is 2.12. The van der Waals surface area contributed by atoms with Crippen LogP contribution in [0.25, 0.3) is 0 Å². The average Bonchev–Trinajstić information content (AvgIpc) is 2.45. The highest BCUT2D eigenvalue weighted by Gasteiger charge is 2.16. The van der Waals surface area contributed by atoms with E-state index in [1.807, 2.05) is 11.0 Å². The molecule has 0 aromatic heterocycles. The lowest BCUT2D eigenvalue weighted by Gasteiger charge is -2.19. The molecule has 6 heteroatoms. The van der Waals surface area contributed by atoms with E-state index in [4.69, 9.17) is 10.4 Å². The van der Waals surface area contributed by atoms with Crippen LogP contribution in [0, 0.1) is 11.3 Å². The number of rotatable bonds is 8. The van der Waals surface area contributed by atoms with Gasteiger partial charge in [-0.25, -0.2) is 8.42 Å². The van der Waals surface area contributed by atoms with Gasteiger partial charge >= 0.3 is 0 Å². The number of nitriles is 1. The van der Waals surface area contributed by atoms with Gasteiger partial charge in [-0.3, -0.25) is 4.90 Å². The molecule has 108 valence electrons. The third kappa shape index (κ3) is 4.78. The van der Waals surface area contributed by atoms with E-state index in [2.05, 4.69) is 6.58 Å². The molecule has 1 aromatic carbocycles. The molecule has 0 saturated heterocycles. The molecule has 1 aromatic rings. The molecule has 0 heterocycles. The van der Waals surface area contributed by atoms with Crippen LogP contribution in [0.5, 0.6) is 0 Å². The lowest BCUT2D eigenvalue weighted by atomic mass is 10.2. The zero-order valence-electron chi connectivity index (χ0n) is 11.2. The Morgan fingerprint density at radius 2 is 1.95 bits per heavy atom. The summed E-state index contributed by atoms with van der Waals surface area (Å²) in [4.78, 5) is 2.02. The molecule has 1 rings (SSSR count). The summed E-state index contributed by atoms with van der Waals surface area (Å²) in [6.45, 7) is 4.85. The summed E-state index contributed by atoms with van der Waals surface area (Å²) in [7, 11) is -3.38. The van der Waals surface area contributed by atoms with Gasteiger partial charge < -0.3 is 5.11 Å². The zero-order valence-corrected chi connectivity index (χ0v) is 12.0. The Balaban J connectivity index is 2.73. The van der Waals surface area contributed by atoms with Gasteiger partial charge in [-0.1, -0.05) is 6.08 Å². The van der Waals surface area contributed by atoms with Crippen LogP contribution in [0.3, 0.4) is 0 Å². The maximum Gasteiger partial charge on any atom is 0.179 e. The Hall–Kier alpha value is -1.68. The minimum atomic E-state index is -3.38. The van der Waals surface area contributed by atoms with Gasteiger partial charge in [0.05, 0.1) is 28.9 Å². The summed E-state index contributed by atoms with van der Waals surface area (Å²) < 4.78 is 24.3. The summed E-state index contributed by atoms with van der Waals surface area (Å²) in [5.74, 6) is -0.0350. The number of aliphatic hydroxyl groups is 1. The van der Waals surface area contributed by atoms with Crippen LogP contribution in [-0.4, -0.2) is 50.4 Å². The van der Waals surface area contributed by atoms with Crippen molar-refractivity contribution in [3.8, 4) is 6.07 Å². The number of hydrogen-bond acceptors (Lipinski definition) is 5. The molecular weight excluding hydrogens is 276 g/mol. The predicted octanol–water partition coefficient (Wildman–Crippen LogP) is 0.812. The summed E-state index contributed by atoms with van der Waals surface area (Å²) in [5, 5.41) is 17.6. The standard InChI is InChI=1S/C14H18N2O3S/c1-2-7-16(8-10-17)9-11-20(18,19)14-5-3-13(12-15)4-6-14/h2-6,17H,1,7-11H2. The monoisotopic (exact) mass is 294 g/mol. The van der Waals surface area contributed by atoms with Gasteiger partial charge in [-0.05, 0) is 24.3 Å². The number of aliphatic hydroxyl groups excluding tert-OH is 1. The molecule has 20 heavy (non-hydrogen) atoms. The topological polar surface area (TPSA) is 81.4 Å². The summed E-state index contributed by atoms with van der Waals surface area (Å²) in [6.07, 6.45) is 1.67. The molecule has 0 aliphatic rings. The maximum atomic E-state index is 12.1. The van der Waals surface area contributed by atoms with E-state index in [-0.39, 0.29) is 17.3 Å². The molecule has 1 N–H and O–H groups in total. The Morgan fingerprint density at radius 3 is 2.45 bits per heavy atom. The molecule has 0 bridgehead atoms. The highest BCUT2D eigenvalue weighted by atomic mass is 32.2. The van der Waals surface area contributed by atoms with Gasteiger partial charge in [0.1, 0.15) is 0 Å². The summed E-state index contributed by atoms with van der Waals surface area (Å²) in [6, 6.07) is 7.81. The van der Waals surface area contributed by atoms with E-state index in [0.29, 0.717) is 25.2 Å². The molecule has 0 atom stereocenters. The van der Waals surface area contributed by atoms with Crippen LogP contribution >= 0.6 is 0 Å². The van der Waals surface area contributed by atoms with Crippen LogP contribution in [0.1, 0.15) is 5.56 Å². The van der Waals surface area contributed by atoms with Crippen molar-refractivity contribution in [2.45, 2.75) is 4.90 Å². The average molecular weight is 294 g/mol. The van der Waals surface area contributed by atoms with Crippen LogP contribution in [0.2, 0.25) is 0 Å². The molecule has 0 fully saturated rings. The van der Waals surface area contributed by atoms with Gasteiger partial charge in [0.15, 0.2) is 9.84 Å². The van der Waals surface area contributed by atoms with Gasteiger partial charge in [0.2, 0.25) is 0 Å². The first kappa shape index (κ1) is 16.4. The smallest absolute Gasteiger partial charge is 0.179 e. The molecule has 0 amide bonds. The van der Waals surface area contributed by atoms with Crippen LogP contribution in [0.4, 0.5) is 0 Å². The lowest BCUT2D eigenvalue weighted by molar-refractivity contribution is 0.215. The molecular formula is C14H18N2O3S. The number of benzene rings is 1. The van der Waals surface area contributed by atoms with Crippen molar-refractivity contribution in [2.24, 2.45) is 0 Å². The number of hydrogen-bond donors (Lipinski definition) is 1. The van der Waals surface area contributed by atoms with Gasteiger partial charge in [0.25, 0.3) is 0 Å². The Bertz CT molecular complexity index is 573. The van der Waals surface area contributed by atoms with Crippen molar-refractivity contribution in [3.63, 3.8) is 0 Å². The predicted molar refractivity (Wildman–Crippen MR) is 76.9 cm³/mol. The minimum absolute atomic E-state index is 0.0231. The second kappa shape index (κ2) is 7.80.